The van der Waals surface area contributed by atoms with Crippen molar-refractivity contribution in [1.82, 2.24) is 5.32 Å². The molecule has 0 radical (unpaired) electrons. The van der Waals surface area contributed by atoms with Crippen molar-refractivity contribution >= 4 is 27.8 Å². The molecular formula is C18H23NO8S. The first-order valence-electron chi connectivity index (χ1n) is 8.42. The van der Waals surface area contributed by atoms with E-state index < -0.39 is 34.4 Å². The summed E-state index contributed by atoms with van der Waals surface area (Å²) in [7, 11) is 1.35. The van der Waals surface area contributed by atoms with E-state index >= 15 is 0 Å². The van der Waals surface area contributed by atoms with Gasteiger partial charge in [0, 0.05) is 12.1 Å². The third-order valence-corrected chi connectivity index (χ3v) is 5.81. The van der Waals surface area contributed by atoms with Gasteiger partial charge in [-0.15, -0.1) is 0 Å². The van der Waals surface area contributed by atoms with Crippen LogP contribution in [-0.2, 0) is 24.2 Å². The number of sulfone groups is 1. The highest BCUT2D eigenvalue weighted by molar-refractivity contribution is 7.91. The van der Waals surface area contributed by atoms with E-state index in [9.17, 15) is 18.0 Å². The first kappa shape index (κ1) is 21.5. The Labute approximate surface area is 163 Å². The molecule has 0 bridgehead atoms. The normalized spacial score (nSPS) is 17.9. The minimum absolute atomic E-state index is 0.0509. The number of esters is 1. The van der Waals surface area contributed by atoms with Crippen LogP contribution in [0.25, 0.3) is 6.08 Å². The third kappa shape index (κ3) is 5.88. The van der Waals surface area contributed by atoms with Crippen molar-refractivity contribution in [3.05, 3.63) is 23.8 Å². The molecule has 0 saturated carbocycles. The summed E-state index contributed by atoms with van der Waals surface area (Å²) in [6.07, 6.45) is 3.01. The van der Waals surface area contributed by atoms with Gasteiger partial charge in [0.15, 0.2) is 27.9 Å². The van der Waals surface area contributed by atoms with Crippen LogP contribution in [0.2, 0.25) is 0 Å². The number of carbonyl (C=O) groups is 2. The zero-order valence-electron chi connectivity index (χ0n) is 15.9. The molecule has 1 N–H and O–H groups in total. The van der Waals surface area contributed by atoms with Crippen molar-refractivity contribution in [3.8, 4) is 17.2 Å². The van der Waals surface area contributed by atoms with E-state index in [-0.39, 0.29) is 11.5 Å². The molecule has 28 heavy (non-hydrogen) atoms. The van der Waals surface area contributed by atoms with Crippen LogP contribution in [0.3, 0.4) is 0 Å². The van der Waals surface area contributed by atoms with E-state index in [4.69, 9.17) is 18.9 Å². The Hall–Kier alpha value is -2.75. The van der Waals surface area contributed by atoms with Crippen LogP contribution in [0, 0.1) is 0 Å². The van der Waals surface area contributed by atoms with E-state index in [1.54, 1.807) is 12.1 Å². The molecule has 1 aliphatic rings. The van der Waals surface area contributed by atoms with Gasteiger partial charge in [-0.1, -0.05) is 0 Å². The van der Waals surface area contributed by atoms with Crippen molar-refractivity contribution in [2.24, 2.45) is 0 Å². The smallest absolute Gasteiger partial charge is 0.331 e. The molecule has 1 aliphatic heterocycles. The first-order valence-corrected chi connectivity index (χ1v) is 10.2. The quantitative estimate of drug-likeness (QED) is 0.486. The summed E-state index contributed by atoms with van der Waals surface area (Å²) in [5.41, 5.74) is 0.604. The lowest BCUT2D eigenvalue weighted by Crippen LogP contribution is -2.38. The van der Waals surface area contributed by atoms with E-state index in [1.165, 1.54) is 27.4 Å². The molecule has 0 aromatic heterocycles. The number of nitrogens with one attached hydrogen (secondary N) is 1. The molecule has 10 heteroatoms. The Bertz CT molecular complexity index is 837. The number of methoxy groups -OCH3 is 3. The van der Waals surface area contributed by atoms with E-state index in [2.05, 4.69) is 5.32 Å². The van der Waals surface area contributed by atoms with Gasteiger partial charge in [0.2, 0.25) is 5.75 Å². The zero-order chi connectivity index (χ0) is 20.7. The Balaban J connectivity index is 1.90. The molecule has 2 rings (SSSR count). The molecule has 1 heterocycles. The maximum atomic E-state index is 11.8. The largest absolute Gasteiger partial charge is 0.493 e. The second-order valence-electron chi connectivity index (χ2n) is 6.07. The molecule has 1 aromatic carbocycles. The van der Waals surface area contributed by atoms with Crippen LogP contribution in [0.15, 0.2) is 18.2 Å². The summed E-state index contributed by atoms with van der Waals surface area (Å²) in [4.78, 5) is 23.6. The highest BCUT2D eigenvalue weighted by Crippen LogP contribution is 2.38. The highest BCUT2D eigenvalue weighted by atomic mass is 32.2. The van der Waals surface area contributed by atoms with Crippen LogP contribution >= 0.6 is 0 Å². The van der Waals surface area contributed by atoms with E-state index in [1.807, 2.05) is 0 Å². The predicted octanol–water partition coefficient (Wildman–Crippen LogP) is 0.572. The third-order valence-electron chi connectivity index (χ3n) is 4.04. The molecule has 9 nitrogen and oxygen atoms in total. The lowest BCUT2D eigenvalue weighted by molar-refractivity contribution is -0.143. The number of amides is 1. The fourth-order valence-corrected chi connectivity index (χ4v) is 4.40. The van der Waals surface area contributed by atoms with Crippen LogP contribution in [0.1, 0.15) is 12.0 Å². The van der Waals surface area contributed by atoms with Crippen molar-refractivity contribution in [3.63, 3.8) is 0 Å². The molecule has 154 valence electrons. The summed E-state index contributed by atoms with van der Waals surface area (Å²) in [6.45, 7) is -0.491. The van der Waals surface area contributed by atoms with Gasteiger partial charge < -0.3 is 24.3 Å². The second kappa shape index (κ2) is 9.45. The fourth-order valence-electron chi connectivity index (χ4n) is 2.72. The van der Waals surface area contributed by atoms with Crippen LogP contribution in [0.5, 0.6) is 17.2 Å². The van der Waals surface area contributed by atoms with Crippen LogP contribution < -0.4 is 19.5 Å². The molecule has 1 fully saturated rings. The number of hydrogen-bond donors (Lipinski definition) is 1. The summed E-state index contributed by atoms with van der Waals surface area (Å²) in [5.74, 6) is -0.0142. The molecule has 1 amide bonds. The summed E-state index contributed by atoms with van der Waals surface area (Å²) >= 11 is 0. The van der Waals surface area contributed by atoms with Gasteiger partial charge in [0.05, 0.1) is 32.8 Å². The monoisotopic (exact) mass is 413 g/mol. The fraction of sp³-hybridized carbons (Fsp3) is 0.444. The Kier molecular flexibility index (Phi) is 7.27. The molecule has 0 aliphatic carbocycles. The molecular weight excluding hydrogens is 390 g/mol. The number of rotatable bonds is 8. The Morgan fingerprint density at radius 2 is 1.79 bits per heavy atom. The Morgan fingerprint density at radius 3 is 2.29 bits per heavy atom. The highest BCUT2D eigenvalue weighted by Gasteiger charge is 2.28. The number of benzene rings is 1. The predicted molar refractivity (Wildman–Crippen MR) is 101 cm³/mol. The topological polar surface area (TPSA) is 117 Å². The van der Waals surface area contributed by atoms with Gasteiger partial charge in [-0.05, 0) is 30.2 Å². The lowest BCUT2D eigenvalue weighted by Gasteiger charge is -2.12. The van der Waals surface area contributed by atoms with Crippen molar-refractivity contribution in [1.29, 1.82) is 0 Å². The number of carbonyl (C=O) groups excluding carboxylic acids is 2. The van der Waals surface area contributed by atoms with Crippen LogP contribution in [0.4, 0.5) is 0 Å². The maximum Gasteiger partial charge on any atom is 0.331 e. The maximum absolute atomic E-state index is 11.8. The van der Waals surface area contributed by atoms with Crippen molar-refractivity contribution in [2.45, 2.75) is 12.5 Å². The van der Waals surface area contributed by atoms with E-state index in [0.29, 0.717) is 29.2 Å². The standard InChI is InChI=1S/C18H23NO8S/c1-24-14-8-12(9-15(25-2)18(14)26-3)4-5-17(21)27-10-16(20)19-13-6-7-28(22,23)11-13/h4-5,8-9,13H,6-7,10-11H2,1-3H3,(H,19,20)/b5-4+/t13-/m0/s1. The number of hydrogen-bond acceptors (Lipinski definition) is 8. The zero-order valence-corrected chi connectivity index (χ0v) is 16.7. The first-order chi connectivity index (χ1) is 13.3. The van der Waals surface area contributed by atoms with Crippen LogP contribution in [-0.4, -0.2) is 65.8 Å². The molecule has 0 spiro atoms. The Morgan fingerprint density at radius 1 is 1.14 bits per heavy atom. The lowest BCUT2D eigenvalue weighted by atomic mass is 10.1. The van der Waals surface area contributed by atoms with Gasteiger partial charge in [-0.2, -0.15) is 0 Å². The summed E-state index contributed by atoms with van der Waals surface area (Å²) < 4.78 is 43.3. The molecule has 0 unspecified atom stereocenters. The minimum Gasteiger partial charge on any atom is -0.493 e. The SMILES string of the molecule is COc1cc(/C=C/C(=O)OCC(=O)N[C@H]2CCS(=O)(=O)C2)cc(OC)c1OC. The van der Waals surface area contributed by atoms with Crippen molar-refractivity contribution < 1.29 is 37.0 Å². The van der Waals surface area contributed by atoms with Gasteiger partial charge in [0.25, 0.3) is 5.91 Å². The summed E-state index contributed by atoms with van der Waals surface area (Å²) in [6, 6.07) is 2.86. The van der Waals surface area contributed by atoms with E-state index in [0.717, 1.165) is 6.08 Å². The van der Waals surface area contributed by atoms with Gasteiger partial charge in [-0.3, -0.25) is 4.79 Å². The molecule has 1 aromatic rings. The number of ether oxygens (including phenoxy) is 4. The molecule has 1 atom stereocenters. The van der Waals surface area contributed by atoms with Crippen molar-refractivity contribution in [2.75, 3.05) is 39.4 Å². The average molecular weight is 413 g/mol. The van der Waals surface area contributed by atoms with Gasteiger partial charge >= 0.3 is 5.97 Å². The summed E-state index contributed by atoms with van der Waals surface area (Å²) in [5, 5.41) is 2.54. The minimum atomic E-state index is -3.09. The van der Waals surface area contributed by atoms with Gasteiger partial charge in [0.1, 0.15) is 0 Å². The van der Waals surface area contributed by atoms with Gasteiger partial charge in [-0.25, -0.2) is 13.2 Å². The molecule has 1 saturated heterocycles. The second-order valence-corrected chi connectivity index (χ2v) is 8.30. The average Bonchev–Trinajstić information content (AvgIpc) is 3.01.